The molecule has 2 N–H and O–H groups in total. The van der Waals surface area contributed by atoms with Crippen molar-refractivity contribution >= 4 is 5.96 Å². The molecule has 0 aromatic heterocycles. The summed E-state index contributed by atoms with van der Waals surface area (Å²) < 4.78 is 5.71. The highest BCUT2D eigenvalue weighted by Crippen LogP contribution is 2.51. The van der Waals surface area contributed by atoms with Gasteiger partial charge in [-0.3, -0.25) is 9.89 Å². The van der Waals surface area contributed by atoms with E-state index in [2.05, 4.69) is 54.8 Å². The topological polar surface area (TPSA) is 48.9 Å². The summed E-state index contributed by atoms with van der Waals surface area (Å²) in [6.45, 7) is 16.1. The van der Waals surface area contributed by atoms with E-state index in [1.54, 1.807) is 0 Å². The van der Waals surface area contributed by atoms with Gasteiger partial charge in [-0.2, -0.15) is 0 Å². The van der Waals surface area contributed by atoms with Crippen LogP contribution in [0.4, 0.5) is 0 Å². The Morgan fingerprint density at radius 2 is 1.88 bits per heavy atom. The van der Waals surface area contributed by atoms with Crippen LogP contribution in [0, 0.1) is 5.41 Å². The zero-order valence-electron chi connectivity index (χ0n) is 16.4. The molecule has 0 aromatic carbocycles. The number of rotatable bonds is 5. The fraction of sp³-hybridized carbons (Fsp3) is 0.842. The van der Waals surface area contributed by atoms with Crippen LogP contribution >= 0.6 is 0 Å². The van der Waals surface area contributed by atoms with Crippen molar-refractivity contribution in [3.8, 4) is 0 Å². The van der Waals surface area contributed by atoms with Crippen LogP contribution in [-0.4, -0.2) is 62.3 Å². The Bertz CT molecular complexity index is 480. The van der Waals surface area contributed by atoms with Crippen molar-refractivity contribution < 1.29 is 4.74 Å². The molecule has 2 unspecified atom stereocenters. The summed E-state index contributed by atoms with van der Waals surface area (Å²) in [7, 11) is 3.66. The number of likely N-dealkylation sites (tertiary alicyclic amines) is 1. The molecule has 0 radical (unpaired) electrons. The van der Waals surface area contributed by atoms with Gasteiger partial charge in [0.05, 0.1) is 5.60 Å². The van der Waals surface area contributed by atoms with Crippen molar-refractivity contribution in [2.45, 2.75) is 64.6 Å². The molecular weight excluding hydrogens is 300 g/mol. The first-order valence-electron chi connectivity index (χ1n) is 9.13. The number of guanidine groups is 1. The Labute approximate surface area is 147 Å². The molecule has 2 atom stereocenters. The lowest BCUT2D eigenvalue weighted by molar-refractivity contribution is -0.176. The third-order valence-electron chi connectivity index (χ3n) is 6.23. The first kappa shape index (κ1) is 19.3. The molecule has 2 rings (SSSR count). The number of methoxy groups -OCH3 is 1. The number of hydrogen-bond donors (Lipinski definition) is 2. The molecule has 0 bridgehead atoms. The van der Waals surface area contributed by atoms with Crippen LogP contribution in [0.1, 0.15) is 47.0 Å². The largest absolute Gasteiger partial charge is 0.378 e. The Kier molecular flexibility index (Phi) is 5.97. The molecule has 2 fully saturated rings. The average molecular weight is 337 g/mol. The predicted molar refractivity (Wildman–Crippen MR) is 102 cm³/mol. The summed E-state index contributed by atoms with van der Waals surface area (Å²) in [5.41, 5.74) is 1.27. The minimum atomic E-state index is -0.0581. The molecule has 5 nitrogen and oxygen atoms in total. The van der Waals surface area contributed by atoms with Gasteiger partial charge in [0, 0.05) is 51.3 Å². The molecule has 0 aromatic rings. The minimum absolute atomic E-state index is 0.0581. The zero-order valence-corrected chi connectivity index (χ0v) is 16.4. The number of nitrogens with one attached hydrogen (secondary N) is 2. The van der Waals surface area contributed by atoms with Gasteiger partial charge in [-0.15, -0.1) is 0 Å². The van der Waals surface area contributed by atoms with Crippen LogP contribution < -0.4 is 10.6 Å². The van der Waals surface area contributed by atoms with E-state index in [1.165, 1.54) is 5.57 Å². The summed E-state index contributed by atoms with van der Waals surface area (Å²) in [4.78, 5) is 6.92. The third-order valence-corrected chi connectivity index (χ3v) is 6.23. The lowest BCUT2D eigenvalue weighted by Gasteiger charge is -2.59. The molecular formula is C19H36N4O. The number of aliphatic imine (C=N–C) groups is 1. The van der Waals surface area contributed by atoms with E-state index in [1.807, 2.05) is 14.2 Å². The maximum absolute atomic E-state index is 5.71. The maximum atomic E-state index is 5.71. The van der Waals surface area contributed by atoms with Gasteiger partial charge >= 0.3 is 0 Å². The number of ether oxygens (including phenoxy) is 1. The molecule has 1 heterocycles. The molecule has 2 aliphatic rings. The SMILES string of the molecule is C=C(C)CN1CCC(NC(=NC)NC2CC(C)(OC)C2(C)C)CC1. The third kappa shape index (κ3) is 3.94. The Balaban J connectivity index is 1.81. The molecule has 24 heavy (non-hydrogen) atoms. The second-order valence-corrected chi connectivity index (χ2v) is 8.28. The van der Waals surface area contributed by atoms with E-state index in [9.17, 15) is 0 Å². The normalized spacial score (nSPS) is 31.4. The first-order chi connectivity index (χ1) is 11.2. The van der Waals surface area contributed by atoms with Crippen LogP contribution in [-0.2, 0) is 4.74 Å². The van der Waals surface area contributed by atoms with E-state index in [0.29, 0.717) is 12.1 Å². The number of nitrogens with zero attached hydrogens (tertiary/aromatic N) is 2. The van der Waals surface area contributed by atoms with Crippen LogP contribution in [0.5, 0.6) is 0 Å². The van der Waals surface area contributed by atoms with Gasteiger partial charge in [0.25, 0.3) is 0 Å². The average Bonchev–Trinajstić information content (AvgIpc) is 2.54. The fourth-order valence-electron chi connectivity index (χ4n) is 3.87. The first-order valence-corrected chi connectivity index (χ1v) is 9.13. The number of hydrogen-bond acceptors (Lipinski definition) is 3. The zero-order chi connectivity index (χ0) is 18.0. The van der Waals surface area contributed by atoms with Gasteiger partial charge in [-0.1, -0.05) is 26.0 Å². The van der Waals surface area contributed by atoms with E-state index in [4.69, 9.17) is 4.74 Å². The molecule has 138 valence electrons. The lowest BCUT2D eigenvalue weighted by Crippen LogP contribution is -2.69. The molecule has 0 spiro atoms. The van der Waals surface area contributed by atoms with Crippen LogP contribution in [0.15, 0.2) is 17.1 Å². The van der Waals surface area contributed by atoms with E-state index in [0.717, 1.165) is 44.9 Å². The molecule has 0 amide bonds. The highest BCUT2D eigenvalue weighted by Gasteiger charge is 2.58. The maximum Gasteiger partial charge on any atom is 0.191 e. The summed E-state index contributed by atoms with van der Waals surface area (Å²) in [6.07, 6.45) is 3.31. The fourth-order valence-corrected chi connectivity index (χ4v) is 3.87. The molecule has 1 saturated heterocycles. The summed E-state index contributed by atoms with van der Waals surface area (Å²) in [6, 6.07) is 0.881. The summed E-state index contributed by atoms with van der Waals surface area (Å²) in [5.74, 6) is 0.921. The smallest absolute Gasteiger partial charge is 0.191 e. The van der Waals surface area contributed by atoms with Gasteiger partial charge in [-0.25, -0.2) is 0 Å². The summed E-state index contributed by atoms with van der Waals surface area (Å²) in [5, 5.41) is 7.22. The van der Waals surface area contributed by atoms with Gasteiger partial charge in [0.1, 0.15) is 0 Å². The van der Waals surface area contributed by atoms with Crippen LogP contribution in [0.3, 0.4) is 0 Å². The van der Waals surface area contributed by atoms with Crippen molar-refractivity contribution in [2.75, 3.05) is 33.8 Å². The van der Waals surface area contributed by atoms with Gasteiger partial charge in [0.2, 0.25) is 0 Å². The molecule has 1 saturated carbocycles. The standard InChI is InChI=1S/C19H36N4O/c1-14(2)13-23-10-8-15(9-11-23)21-17(20-6)22-16-12-19(5,24-7)18(16,3)4/h15-16H,1,8-13H2,2-7H3,(H2,20,21,22). The highest BCUT2D eigenvalue weighted by molar-refractivity contribution is 5.80. The van der Waals surface area contributed by atoms with E-state index >= 15 is 0 Å². The van der Waals surface area contributed by atoms with Crippen molar-refractivity contribution in [3.63, 3.8) is 0 Å². The molecule has 5 heteroatoms. The minimum Gasteiger partial charge on any atom is -0.378 e. The second-order valence-electron chi connectivity index (χ2n) is 8.28. The second kappa shape index (κ2) is 7.44. The van der Waals surface area contributed by atoms with Crippen molar-refractivity contribution in [1.29, 1.82) is 0 Å². The molecule has 1 aliphatic heterocycles. The van der Waals surface area contributed by atoms with E-state index < -0.39 is 0 Å². The van der Waals surface area contributed by atoms with Crippen molar-refractivity contribution in [3.05, 3.63) is 12.2 Å². The van der Waals surface area contributed by atoms with Gasteiger partial charge in [0.15, 0.2) is 5.96 Å². The lowest BCUT2D eigenvalue weighted by atomic mass is 9.56. The monoisotopic (exact) mass is 336 g/mol. The van der Waals surface area contributed by atoms with Crippen molar-refractivity contribution in [2.24, 2.45) is 10.4 Å². The molecule has 1 aliphatic carbocycles. The van der Waals surface area contributed by atoms with Gasteiger partial charge in [-0.05, 0) is 33.1 Å². The Morgan fingerprint density at radius 1 is 1.25 bits per heavy atom. The van der Waals surface area contributed by atoms with Gasteiger partial charge < -0.3 is 15.4 Å². The van der Waals surface area contributed by atoms with Crippen LogP contribution in [0.25, 0.3) is 0 Å². The summed E-state index contributed by atoms with van der Waals surface area (Å²) >= 11 is 0. The quantitative estimate of drug-likeness (QED) is 0.460. The Morgan fingerprint density at radius 3 is 2.33 bits per heavy atom. The highest BCUT2D eigenvalue weighted by atomic mass is 16.5. The number of piperidine rings is 1. The van der Waals surface area contributed by atoms with Crippen molar-refractivity contribution in [1.82, 2.24) is 15.5 Å². The van der Waals surface area contributed by atoms with Crippen LogP contribution in [0.2, 0.25) is 0 Å². The Hall–Kier alpha value is -1.07. The van der Waals surface area contributed by atoms with E-state index in [-0.39, 0.29) is 11.0 Å². The predicted octanol–water partition coefficient (Wildman–Crippen LogP) is 2.40.